The number of nitrogens with zero attached hydrogens (tertiary/aromatic N) is 2. The SMILES string of the molecule is Cc1nc2ccc(C(=O)OCC(=O)NCCSc3ccccc3)cc2nc1C. The molecule has 3 rings (SSSR count). The van der Waals surface area contributed by atoms with Gasteiger partial charge in [0.1, 0.15) is 0 Å². The summed E-state index contributed by atoms with van der Waals surface area (Å²) in [6.45, 7) is 3.94. The average Bonchev–Trinajstić information content (AvgIpc) is 2.70. The first kappa shape index (κ1) is 19.8. The van der Waals surface area contributed by atoms with Gasteiger partial charge in [0.05, 0.1) is 28.0 Å². The first-order valence-electron chi connectivity index (χ1n) is 8.89. The Bertz CT molecular complexity index is 993. The van der Waals surface area contributed by atoms with Gasteiger partial charge in [-0.2, -0.15) is 0 Å². The summed E-state index contributed by atoms with van der Waals surface area (Å²) < 4.78 is 5.10. The number of benzene rings is 2. The zero-order chi connectivity index (χ0) is 19.9. The Hall–Kier alpha value is -2.93. The van der Waals surface area contributed by atoms with Crippen molar-refractivity contribution in [2.45, 2.75) is 18.7 Å². The molecule has 1 amide bonds. The second-order valence-electron chi connectivity index (χ2n) is 6.19. The highest BCUT2D eigenvalue weighted by molar-refractivity contribution is 7.99. The second kappa shape index (κ2) is 9.32. The fraction of sp³-hybridized carbons (Fsp3) is 0.238. The summed E-state index contributed by atoms with van der Waals surface area (Å²) in [5, 5.41) is 2.74. The van der Waals surface area contributed by atoms with Crippen molar-refractivity contribution in [3.8, 4) is 0 Å². The van der Waals surface area contributed by atoms with Gasteiger partial charge in [0.25, 0.3) is 5.91 Å². The number of hydrogen-bond acceptors (Lipinski definition) is 6. The zero-order valence-corrected chi connectivity index (χ0v) is 16.6. The number of hydrogen-bond donors (Lipinski definition) is 1. The molecule has 1 aromatic heterocycles. The summed E-state index contributed by atoms with van der Waals surface area (Å²) in [5.74, 6) is -0.143. The lowest BCUT2D eigenvalue weighted by atomic mass is 10.2. The monoisotopic (exact) mass is 395 g/mol. The lowest BCUT2D eigenvalue weighted by Crippen LogP contribution is -2.30. The fourth-order valence-electron chi connectivity index (χ4n) is 2.50. The van der Waals surface area contributed by atoms with E-state index in [0.717, 1.165) is 22.0 Å². The van der Waals surface area contributed by atoms with E-state index in [4.69, 9.17) is 4.74 Å². The van der Waals surface area contributed by atoms with Crippen molar-refractivity contribution in [1.82, 2.24) is 15.3 Å². The van der Waals surface area contributed by atoms with Crippen molar-refractivity contribution >= 4 is 34.7 Å². The van der Waals surface area contributed by atoms with Crippen LogP contribution in [-0.4, -0.2) is 40.7 Å². The molecule has 0 aliphatic heterocycles. The van der Waals surface area contributed by atoms with E-state index in [9.17, 15) is 9.59 Å². The molecule has 0 spiro atoms. The number of amides is 1. The molecule has 0 radical (unpaired) electrons. The van der Waals surface area contributed by atoms with Gasteiger partial charge in [-0.1, -0.05) is 18.2 Å². The molecule has 28 heavy (non-hydrogen) atoms. The first-order valence-corrected chi connectivity index (χ1v) is 9.88. The molecule has 1 heterocycles. The molecule has 0 aliphatic carbocycles. The first-order chi connectivity index (χ1) is 13.5. The number of esters is 1. The molecular weight excluding hydrogens is 374 g/mol. The molecule has 0 unspecified atom stereocenters. The molecule has 0 saturated carbocycles. The van der Waals surface area contributed by atoms with E-state index < -0.39 is 5.97 Å². The maximum atomic E-state index is 12.2. The third-order valence-electron chi connectivity index (χ3n) is 4.08. The van der Waals surface area contributed by atoms with Gasteiger partial charge in [0, 0.05) is 17.2 Å². The molecule has 6 nitrogen and oxygen atoms in total. The topological polar surface area (TPSA) is 81.2 Å². The molecule has 0 aliphatic rings. The third-order valence-corrected chi connectivity index (χ3v) is 5.10. The van der Waals surface area contributed by atoms with E-state index in [0.29, 0.717) is 23.1 Å². The summed E-state index contributed by atoms with van der Waals surface area (Å²) in [5.41, 5.74) is 3.35. The van der Waals surface area contributed by atoms with Crippen molar-refractivity contribution in [1.29, 1.82) is 0 Å². The molecule has 0 fully saturated rings. The van der Waals surface area contributed by atoms with Gasteiger partial charge < -0.3 is 10.1 Å². The van der Waals surface area contributed by atoms with Gasteiger partial charge in [-0.05, 0) is 44.2 Å². The summed E-state index contributed by atoms with van der Waals surface area (Å²) in [4.78, 5) is 34.1. The Kier molecular flexibility index (Phi) is 6.60. The maximum absolute atomic E-state index is 12.2. The van der Waals surface area contributed by atoms with Crippen LogP contribution in [-0.2, 0) is 9.53 Å². The van der Waals surface area contributed by atoms with Crippen LogP contribution < -0.4 is 5.32 Å². The van der Waals surface area contributed by atoms with Gasteiger partial charge in [-0.3, -0.25) is 4.79 Å². The summed E-state index contributed by atoms with van der Waals surface area (Å²) >= 11 is 1.65. The number of carbonyl (C=O) groups excluding carboxylic acids is 2. The van der Waals surface area contributed by atoms with E-state index in [2.05, 4.69) is 15.3 Å². The number of aromatic nitrogens is 2. The normalized spacial score (nSPS) is 10.6. The molecule has 1 N–H and O–H groups in total. The van der Waals surface area contributed by atoms with Gasteiger partial charge in [0.15, 0.2) is 6.61 Å². The predicted octanol–water partition coefficient (Wildman–Crippen LogP) is 3.31. The highest BCUT2D eigenvalue weighted by Gasteiger charge is 2.12. The van der Waals surface area contributed by atoms with E-state index >= 15 is 0 Å². The zero-order valence-electron chi connectivity index (χ0n) is 15.8. The standard InChI is InChI=1S/C21H21N3O3S/c1-14-15(2)24-19-12-16(8-9-18(19)23-14)21(26)27-13-20(25)22-10-11-28-17-6-4-3-5-7-17/h3-9,12H,10-11,13H2,1-2H3,(H,22,25). The minimum absolute atomic E-state index is 0.314. The molecule has 7 heteroatoms. The van der Waals surface area contributed by atoms with Crippen molar-refractivity contribution in [3.05, 3.63) is 65.5 Å². The van der Waals surface area contributed by atoms with Gasteiger partial charge in [0.2, 0.25) is 0 Å². The molecular formula is C21H21N3O3S. The number of nitrogens with one attached hydrogen (secondary N) is 1. The number of fused-ring (bicyclic) bond motifs is 1. The number of thioether (sulfide) groups is 1. The van der Waals surface area contributed by atoms with Crippen LogP contribution in [0.25, 0.3) is 11.0 Å². The van der Waals surface area contributed by atoms with E-state index in [1.54, 1.807) is 30.0 Å². The van der Waals surface area contributed by atoms with Crippen LogP contribution in [0.15, 0.2) is 53.4 Å². The molecule has 0 atom stereocenters. The van der Waals surface area contributed by atoms with E-state index in [1.165, 1.54) is 0 Å². The van der Waals surface area contributed by atoms with Crippen LogP contribution in [0.3, 0.4) is 0 Å². The van der Waals surface area contributed by atoms with Crippen LogP contribution in [0.2, 0.25) is 0 Å². The molecule has 2 aromatic carbocycles. The Morgan fingerprint density at radius 1 is 1.00 bits per heavy atom. The molecule has 3 aromatic rings. The Morgan fingerprint density at radius 2 is 1.71 bits per heavy atom. The number of aryl methyl sites for hydroxylation is 2. The Labute approximate surface area is 167 Å². The van der Waals surface area contributed by atoms with Crippen LogP contribution in [0, 0.1) is 13.8 Å². The smallest absolute Gasteiger partial charge is 0.338 e. The fourth-order valence-corrected chi connectivity index (χ4v) is 3.29. The van der Waals surface area contributed by atoms with Crippen LogP contribution in [0.5, 0.6) is 0 Å². The van der Waals surface area contributed by atoms with Crippen LogP contribution in [0.1, 0.15) is 21.7 Å². The van der Waals surface area contributed by atoms with Crippen molar-refractivity contribution in [3.63, 3.8) is 0 Å². The highest BCUT2D eigenvalue weighted by atomic mass is 32.2. The summed E-state index contributed by atoms with van der Waals surface area (Å²) in [6.07, 6.45) is 0. The molecule has 0 saturated heterocycles. The largest absolute Gasteiger partial charge is 0.452 e. The highest BCUT2D eigenvalue weighted by Crippen LogP contribution is 2.16. The summed E-state index contributed by atoms with van der Waals surface area (Å²) in [6, 6.07) is 14.9. The Balaban J connectivity index is 1.46. The Morgan fingerprint density at radius 3 is 2.46 bits per heavy atom. The van der Waals surface area contributed by atoms with Crippen molar-refractivity contribution in [2.75, 3.05) is 18.9 Å². The molecule has 144 valence electrons. The minimum Gasteiger partial charge on any atom is -0.452 e. The third kappa shape index (κ3) is 5.29. The minimum atomic E-state index is -0.560. The summed E-state index contributed by atoms with van der Waals surface area (Å²) in [7, 11) is 0. The van der Waals surface area contributed by atoms with Gasteiger partial charge >= 0.3 is 5.97 Å². The van der Waals surface area contributed by atoms with Gasteiger partial charge in [-0.25, -0.2) is 14.8 Å². The van der Waals surface area contributed by atoms with Crippen molar-refractivity contribution in [2.24, 2.45) is 0 Å². The van der Waals surface area contributed by atoms with Crippen LogP contribution in [0.4, 0.5) is 0 Å². The van der Waals surface area contributed by atoms with E-state index in [1.807, 2.05) is 44.2 Å². The number of rotatable bonds is 7. The van der Waals surface area contributed by atoms with Crippen molar-refractivity contribution < 1.29 is 14.3 Å². The van der Waals surface area contributed by atoms with Crippen LogP contribution >= 0.6 is 11.8 Å². The predicted molar refractivity (Wildman–Crippen MR) is 109 cm³/mol. The maximum Gasteiger partial charge on any atom is 0.338 e. The second-order valence-corrected chi connectivity index (χ2v) is 7.35. The van der Waals surface area contributed by atoms with E-state index in [-0.39, 0.29) is 12.5 Å². The quantitative estimate of drug-likeness (QED) is 0.376. The average molecular weight is 395 g/mol. The lowest BCUT2D eigenvalue weighted by molar-refractivity contribution is -0.124. The number of ether oxygens (including phenoxy) is 1. The molecule has 0 bridgehead atoms. The van der Waals surface area contributed by atoms with Gasteiger partial charge in [-0.15, -0.1) is 11.8 Å². The lowest BCUT2D eigenvalue weighted by Gasteiger charge is -2.08. The number of carbonyl (C=O) groups is 2.